The first kappa shape index (κ1) is 20.4. The fourth-order valence-electron chi connectivity index (χ4n) is 4.91. The number of ether oxygens (including phenoxy) is 1. The van der Waals surface area contributed by atoms with Crippen LogP contribution in [0.25, 0.3) is 0 Å². The first-order valence-electron chi connectivity index (χ1n) is 10.2. The second-order valence-corrected chi connectivity index (χ2v) is 8.05. The van der Waals surface area contributed by atoms with E-state index in [1.54, 1.807) is 0 Å². The number of rotatable bonds is 4. The van der Waals surface area contributed by atoms with Crippen molar-refractivity contribution >= 4 is 12.4 Å². The van der Waals surface area contributed by atoms with Crippen molar-refractivity contribution in [3.63, 3.8) is 0 Å². The maximum atomic E-state index is 5.87. The molecule has 1 heterocycles. The molecule has 2 atom stereocenters. The summed E-state index contributed by atoms with van der Waals surface area (Å²) < 4.78 is 5.87. The number of halogens is 1. The molecule has 1 aliphatic heterocycles. The summed E-state index contributed by atoms with van der Waals surface area (Å²) in [5.41, 5.74) is 4.43. The van der Waals surface area contributed by atoms with Crippen LogP contribution < -0.4 is 0 Å². The fourth-order valence-corrected chi connectivity index (χ4v) is 4.91. The molecule has 0 radical (unpaired) electrons. The molecule has 0 spiro atoms. The van der Waals surface area contributed by atoms with Gasteiger partial charge in [-0.05, 0) is 73.7 Å². The summed E-state index contributed by atoms with van der Waals surface area (Å²) in [5.74, 6) is 1.48. The molecule has 0 N–H and O–H groups in total. The molecule has 3 heteroatoms. The minimum Gasteiger partial charge on any atom is -0.377 e. The summed E-state index contributed by atoms with van der Waals surface area (Å²) >= 11 is 0. The highest BCUT2D eigenvalue weighted by atomic mass is 35.5. The number of nitrogens with zero attached hydrogens (tertiary/aromatic N) is 1. The lowest BCUT2D eigenvalue weighted by atomic mass is 9.88. The summed E-state index contributed by atoms with van der Waals surface area (Å²) in [6.45, 7) is 3.71. The summed E-state index contributed by atoms with van der Waals surface area (Å²) in [7, 11) is 1.87. The molecule has 27 heavy (non-hydrogen) atoms. The average Bonchev–Trinajstić information content (AvgIpc) is 2.89. The standard InChI is InChI=1S/C24H31NO.ClH/c1-26-24-17-19(11-12-22-9-5-6-10-23(22)24)18-25-15-13-21(14-16-25)20-7-3-2-4-8-20;/h2-10,19,21,24H,11-18H2,1H3;1H/t19-,24-;/m0./s1. The summed E-state index contributed by atoms with van der Waals surface area (Å²) in [6, 6.07) is 19.9. The van der Waals surface area contributed by atoms with Crippen molar-refractivity contribution in [2.75, 3.05) is 26.7 Å². The number of likely N-dealkylation sites (tertiary alicyclic amines) is 1. The van der Waals surface area contributed by atoms with Crippen molar-refractivity contribution < 1.29 is 4.74 Å². The number of hydrogen-bond donors (Lipinski definition) is 0. The van der Waals surface area contributed by atoms with Crippen molar-refractivity contribution in [3.05, 3.63) is 71.3 Å². The van der Waals surface area contributed by atoms with Crippen LogP contribution in [0.15, 0.2) is 54.6 Å². The molecular formula is C24H32ClNO. The Morgan fingerprint density at radius 3 is 2.37 bits per heavy atom. The van der Waals surface area contributed by atoms with Crippen molar-refractivity contribution in [1.29, 1.82) is 0 Å². The normalized spacial score (nSPS) is 23.9. The summed E-state index contributed by atoms with van der Waals surface area (Å²) in [5, 5.41) is 0. The molecule has 1 fully saturated rings. The number of aryl methyl sites for hydroxylation is 1. The van der Waals surface area contributed by atoms with Crippen LogP contribution in [-0.2, 0) is 11.2 Å². The van der Waals surface area contributed by atoms with Crippen LogP contribution in [-0.4, -0.2) is 31.6 Å². The lowest BCUT2D eigenvalue weighted by Gasteiger charge is -2.34. The molecule has 0 bridgehead atoms. The van der Waals surface area contributed by atoms with Gasteiger partial charge in [0.2, 0.25) is 0 Å². The molecule has 2 aromatic rings. The monoisotopic (exact) mass is 385 g/mol. The highest BCUT2D eigenvalue weighted by Gasteiger charge is 2.27. The predicted octanol–water partition coefficient (Wildman–Crippen LogP) is 5.63. The largest absolute Gasteiger partial charge is 0.377 e. The van der Waals surface area contributed by atoms with Crippen molar-refractivity contribution in [2.24, 2.45) is 5.92 Å². The van der Waals surface area contributed by atoms with Crippen molar-refractivity contribution in [1.82, 2.24) is 4.90 Å². The second kappa shape index (κ2) is 9.73. The Morgan fingerprint density at radius 2 is 1.63 bits per heavy atom. The van der Waals surface area contributed by atoms with Gasteiger partial charge in [0, 0.05) is 13.7 Å². The Morgan fingerprint density at radius 1 is 0.926 bits per heavy atom. The number of hydrogen-bond acceptors (Lipinski definition) is 2. The third kappa shape index (κ3) is 4.93. The van der Waals surface area contributed by atoms with E-state index in [0.29, 0.717) is 0 Å². The number of piperidine rings is 1. The van der Waals surface area contributed by atoms with Crippen LogP contribution in [0.1, 0.15) is 54.4 Å². The highest BCUT2D eigenvalue weighted by Crippen LogP contribution is 2.35. The van der Waals surface area contributed by atoms with Crippen LogP contribution >= 0.6 is 12.4 Å². The molecule has 0 saturated carbocycles. The SMILES string of the molecule is CO[C@H]1C[C@@H](CN2CCC(c3ccccc3)CC2)CCc2ccccc21.Cl. The smallest absolute Gasteiger partial charge is 0.0826 e. The predicted molar refractivity (Wildman–Crippen MR) is 115 cm³/mol. The third-order valence-corrected chi connectivity index (χ3v) is 6.43. The Balaban J connectivity index is 0.00000210. The van der Waals surface area contributed by atoms with Gasteiger partial charge in [-0.25, -0.2) is 0 Å². The Hall–Kier alpha value is -1.35. The van der Waals surface area contributed by atoms with E-state index in [1.807, 2.05) is 7.11 Å². The van der Waals surface area contributed by atoms with Gasteiger partial charge in [0.05, 0.1) is 6.10 Å². The lowest BCUT2D eigenvalue weighted by molar-refractivity contribution is 0.0705. The number of methoxy groups -OCH3 is 1. The Bertz CT molecular complexity index is 697. The topological polar surface area (TPSA) is 12.5 Å². The van der Waals surface area contributed by atoms with Gasteiger partial charge in [0.25, 0.3) is 0 Å². The molecular weight excluding hydrogens is 354 g/mol. The minimum atomic E-state index is 0. The summed E-state index contributed by atoms with van der Waals surface area (Å²) in [4.78, 5) is 2.70. The van der Waals surface area contributed by atoms with E-state index < -0.39 is 0 Å². The van der Waals surface area contributed by atoms with Gasteiger partial charge < -0.3 is 9.64 Å². The zero-order valence-corrected chi connectivity index (χ0v) is 17.2. The Labute approximate surface area is 170 Å². The second-order valence-electron chi connectivity index (χ2n) is 8.05. The number of fused-ring (bicyclic) bond motifs is 1. The van der Waals surface area contributed by atoms with Gasteiger partial charge in [0.1, 0.15) is 0 Å². The molecule has 2 aliphatic rings. The van der Waals surface area contributed by atoms with E-state index in [0.717, 1.165) is 18.3 Å². The summed E-state index contributed by atoms with van der Waals surface area (Å²) in [6.07, 6.45) is 6.50. The van der Waals surface area contributed by atoms with Gasteiger partial charge in [-0.1, -0.05) is 54.6 Å². The molecule has 146 valence electrons. The molecule has 0 aromatic heterocycles. The molecule has 2 nitrogen and oxygen atoms in total. The van der Waals surface area contributed by atoms with E-state index in [2.05, 4.69) is 59.5 Å². The molecule has 2 aromatic carbocycles. The van der Waals surface area contributed by atoms with Crippen LogP contribution in [0.4, 0.5) is 0 Å². The van der Waals surface area contributed by atoms with E-state index in [-0.39, 0.29) is 18.5 Å². The van der Waals surface area contributed by atoms with E-state index in [1.165, 1.54) is 62.0 Å². The van der Waals surface area contributed by atoms with Crippen LogP contribution in [0, 0.1) is 5.92 Å². The fraction of sp³-hybridized carbons (Fsp3) is 0.500. The highest BCUT2D eigenvalue weighted by molar-refractivity contribution is 5.85. The first-order valence-corrected chi connectivity index (χ1v) is 10.2. The molecule has 0 unspecified atom stereocenters. The molecule has 1 aliphatic carbocycles. The maximum absolute atomic E-state index is 5.87. The van der Waals surface area contributed by atoms with Crippen molar-refractivity contribution in [3.8, 4) is 0 Å². The lowest BCUT2D eigenvalue weighted by Crippen LogP contribution is -2.37. The number of benzene rings is 2. The van der Waals surface area contributed by atoms with Crippen molar-refractivity contribution in [2.45, 2.75) is 44.1 Å². The van der Waals surface area contributed by atoms with Gasteiger partial charge in [-0.2, -0.15) is 0 Å². The van der Waals surface area contributed by atoms with Crippen LogP contribution in [0.5, 0.6) is 0 Å². The van der Waals surface area contributed by atoms with Gasteiger partial charge >= 0.3 is 0 Å². The molecule has 0 amide bonds. The van der Waals surface area contributed by atoms with E-state index >= 15 is 0 Å². The van der Waals surface area contributed by atoms with Gasteiger partial charge in [0.15, 0.2) is 0 Å². The third-order valence-electron chi connectivity index (χ3n) is 6.43. The Kier molecular flexibility index (Phi) is 7.34. The van der Waals surface area contributed by atoms with Crippen LogP contribution in [0.3, 0.4) is 0 Å². The van der Waals surface area contributed by atoms with Gasteiger partial charge in [-0.3, -0.25) is 0 Å². The van der Waals surface area contributed by atoms with E-state index in [4.69, 9.17) is 4.74 Å². The zero-order chi connectivity index (χ0) is 17.8. The quantitative estimate of drug-likeness (QED) is 0.632. The zero-order valence-electron chi connectivity index (χ0n) is 16.3. The van der Waals surface area contributed by atoms with Crippen LogP contribution in [0.2, 0.25) is 0 Å². The van der Waals surface area contributed by atoms with Gasteiger partial charge in [-0.15, -0.1) is 12.4 Å². The minimum absolute atomic E-state index is 0. The molecule has 4 rings (SSSR count). The first-order chi connectivity index (χ1) is 12.8. The maximum Gasteiger partial charge on any atom is 0.0826 e. The molecule has 1 saturated heterocycles. The average molecular weight is 386 g/mol. The van der Waals surface area contributed by atoms with E-state index in [9.17, 15) is 0 Å².